The highest BCUT2D eigenvalue weighted by Crippen LogP contribution is 2.11. The minimum absolute atomic E-state index is 0.165. The fourth-order valence-electron chi connectivity index (χ4n) is 2.72. The van der Waals surface area contributed by atoms with E-state index in [4.69, 9.17) is 4.74 Å². The molecule has 5 nitrogen and oxygen atoms in total. The summed E-state index contributed by atoms with van der Waals surface area (Å²) in [7, 11) is -3.17. The number of rotatable bonds is 8. The van der Waals surface area contributed by atoms with Gasteiger partial charge in [-0.2, -0.15) is 0 Å². The van der Waals surface area contributed by atoms with Crippen LogP contribution in [0.4, 0.5) is 0 Å². The Morgan fingerprint density at radius 3 is 2.55 bits per heavy atom. The Balaban J connectivity index is 2.01. The van der Waals surface area contributed by atoms with Crippen molar-refractivity contribution in [1.29, 1.82) is 0 Å². The van der Waals surface area contributed by atoms with Gasteiger partial charge in [0.1, 0.15) is 0 Å². The van der Waals surface area contributed by atoms with E-state index in [0.29, 0.717) is 26.2 Å². The maximum atomic E-state index is 11.9. The van der Waals surface area contributed by atoms with Crippen LogP contribution in [0.5, 0.6) is 0 Å². The molecule has 1 unspecified atom stereocenters. The lowest BCUT2D eigenvalue weighted by molar-refractivity contribution is 0.0177. The Kier molecular flexibility index (Phi) is 6.82. The van der Waals surface area contributed by atoms with E-state index in [9.17, 15) is 8.42 Å². The van der Waals surface area contributed by atoms with Gasteiger partial charge in [0, 0.05) is 25.7 Å². The predicted molar refractivity (Wildman–Crippen MR) is 88.4 cm³/mol. The number of morpholine rings is 1. The van der Waals surface area contributed by atoms with E-state index in [2.05, 4.69) is 21.8 Å². The van der Waals surface area contributed by atoms with E-state index >= 15 is 0 Å². The number of nitrogens with zero attached hydrogens (tertiary/aromatic N) is 1. The lowest BCUT2D eigenvalue weighted by atomic mass is 10.0. The molecule has 0 radical (unpaired) electrons. The molecule has 1 aromatic carbocycles. The van der Waals surface area contributed by atoms with E-state index < -0.39 is 10.0 Å². The van der Waals surface area contributed by atoms with Crippen molar-refractivity contribution in [2.75, 3.05) is 38.6 Å². The van der Waals surface area contributed by atoms with Gasteiger partial charge in [0.15, 0.2) is 0 Å². The van der Waals surface area contributed by atoms with Gasteiger partial charge in [-0.3, -0.25) is 4.90 Å². The molecule has 1 heterocycles. The molecule has 0 spiro atoms. The molecular formula is C16H26N2O3S. The van der Waals surface area contributed by atoms with Crippen molar-refractivity contribution in [3.05, 3.63) is 35.9 Å². The summed E-state index contributed by atoms with van der Waals surface area (Å²) in [5.74, 6) is 0.189. The van der Waals surface area contributed by atoms with E-state index in [1.165, 1.54) is 5.56 Å². The molecule has 6 heteroatoms. The van der Waals surface area contributed by atoms with Crippen LogP contribution >= 0.6 is 0 Å². The second-order valence-electron chi connectivity index (χ2n) is 5.66. The molecule has 1 atom stereocenters. The standard InChI is InChI=1S/C16H26N2O3S/c1-2-12-22(19,20)17-14-16(18-8-10-21-11-9-18)13-15-6-4-3-5-7-15/h3-7,16-17H,2,8-14H2,1H3. The molecule has 1 N–H and O–H groups in total. The smallest absolute Gasteiger partial charge is 0.211 e. The molecule has 0 amide bonds. The minimum Gasteiger partial charge on any atom is -0.379 e. The number of sulfonamides is 1. The molecule has 1 saturated heterocycles. The third kappa shape index (κ3) is 5.68. The van der Waals surface area contributed by atoms with E-state index in [1.54, 1.807) is 0 Å². The molecule has 22 heavy (non-hydrogen) atoms. The molecule has 1 fully saturated rings. The molecule has 0 bridgehead atoms. The lowest BCUT2D eigenvalue weighted by Crippen LogP contribution is -2.50. The molecule has 1 aromatic rings. The Hall–Kier alpha value is -0.950. The van der Waals surface area contributed by atoms with Gasteiger partial charge < -0.3 is 4.74 Å². The third-order valence-corrected chi connectivity index (χ3v) is 5.44. The van der Waals surface area contributed by atoms with Crippen LogP contribution in [0.3, 0.4) is 0 Å². The summed E-state index contributed by atoms with van der Waals surface area (Å²) in [4.78, 5) is 2.32. The van der Waals surface area contributed by atoms with E-state index in [0.717, 1.165) is 19.5 Å². The largest absolute Gasteiger partial charge is 0.379 e. The van der Waals surface area contributed by atoms with Crippen molar-refractivity contribution in [2.45, 2.75) is 25.8 Å². The Labute approximate surface area is 133 Å². The first kappa shape index (κ1) is 17.4. The first-order chi connectivity index (χ1) is 10.6. The number of nitrogens with one attached hydrogen (secondary N) is 1. The molecule has 0 saturated carbocycles. The van der Waals surface area contributed by atoms with Gasteiger partial charge in [0.2, 0.25) is 10.0 Å². The Bertz CT molecular complexity index is 528. The highest BCUT2D eigenvalue weighted by molar-refractivity contribution is 7.89. The summed E-state index contributed by atoms with van der Waals surface area (Å²) >= 11 is 0. The summed E-state index contributed by atoms with van der Waals surface area (Å²) in [5, 5.41) is 0. The van der Waals surface area contributed by atoms with Gasteiger partial charge >= 0.3 is 0 Å². The van der Waals surface area contributed by atoms with Crippen LogP contribution in [0.1, 0.15) is 18.9 Å². The highest BCUT2D eigenvalue weighted by atomic mass is 32.2. The fourth-order valence-corrected chi connectivity index (χ4v) is 3.85. The predicted octanol–water partition coefficient (Wildman–Crippen LogP) is 1.26. The van der Waals surface area contributed by atoms with Gasteiger partial charge in [-0.1, -0.05) is 37.3 Å². The molecule has 1 aliphatic rings. The molecule has 0 aliphatic carbocycles. The molecule has 1 aliphatic heterocycles. The maximum Gasteiger partial charge on any atom is 0.211 e. The van der Waals surface area contributed by atoms with Crippen LogP contribution in [0.2, 0.25) is 0 Å². The van der Waals surface area contributed by atoms with Crippen LogP contribution < -0.4 is 4.72 Å². The highest BCUT2D eigenvalue weighted by Gasteiger charge is 2.23. The van der Waals surface area contributed by atoms with Crippen molar-refractivity contribution in [3.63, 3.8) is 0 Å². The summed E-state index contributed by atoms with van der Waals surface area (Å²) in [6, 6.07) is 10.4. The summed E-state index contributed by atoms with van der Waals surface area (Å²) in [6.07, 6.45) is 1.48. The first-order valence-corrected chi connectivity index (χ1v) is 9.59. The second kappa shape index (κ2) is 8.62. The molecule has 124 valence electrons. The third-order valence-electron chi connectivity index (χ3n) is 3.89. The van der Waals surface area contributed by atoms with Crippen LogP contribution in [-0.2, 0) is 21.2 Å². The second-order valence-corrected chi connectivity index (χ2v) is 7.59. The summed E-state index contributed by atoms with van der Waals surface area (Å²) in [6.45, 7) is 5.47. The SMILES string of the molecule is CCCS(=O)(=O)NCC(Cc1ccccc1)N1CCOCC1. The average molecular weight is 326 g/mol. The molecule has 0 aromatic heterocycles. The Morgan fingerprint density at radius 2 is 1.91 bits per heavy atom. The van der Waals surface area contributed by atoms with Crippen molar-refractivity contribution in [2.24, 2.45) is 0 Å². The summed E-state index contributed by atoms with van der Waals surface area (Å²) in [5.41, 5.74) is 1.23. The minimum atomic E-state index is -3.17. The zero-order chi connectivity index (χ0) is 15.8. The average Bonchev–Trinajstić information content (AvgIpc) is 2.53. The van der Waals surface area contributed by atoms with E-state index in [-0.39, 0.29) is 11.8 Å². The van der Waals surface area contributed by atoms with Gasteiger partial charge in [0.05, 0.1) is 19.0 Å². The number of hydrogen-bond acceptors (Lipinski definition) is 4. The van der Waals surface area contributed by atoms with Crippen LogP contribution in [0.25, 0.3) is 0 Å². The topological polar surface area (TPSA) is 58.6 Å². The van der Waals surface area contributed by atoms with Crippen molar-refractivity contribution in [1.82, 2.24) is 9.62 Å². The van der Waals surface area contributed by atoms with Gasteiger partial charge in [-0.15, -0.1) is 0 Å². The fraction of sp³-hybridized carbons (Fsp3) is 0.625. The Morgan fingerprint density at radius 1 is 1.23 bits per heavy atom. The van der Waals surface area contributed by atoms with Gasteiger partial charge in [-0.25, -0.2) is 13.1 Å². The number of hydrogen-bond donors (Lipinski definition) is 1. The van der Waals surface area contributed by atoms with Crippen LogP contribution in [-0.4, -0.2) is 58.0 Å². The first-order valence-electron chi connectivity index (χ1n) is 7.94. The zero-order valence-electron chi connectivity index (χ0n) is 13.2. The number of benzene rings is 1. The summed E-state index contributed by atoms with van der Waals surface area (Å²) < 4.78 is 32.0. The lowest BCUT2D eigenvalue weighted by Gasteiger charge is -2.34. The van der Waals surface area contributed by atoms with Crippen LogP contribution in [0, 0.1) is 0 Å². The molecular weight excluding hydrogens is 300 g/mol. The monoisotopic (exact) mass is 326 g/mol. The van der Waals surface area contributed by atoms with Crippen molar-refractivity contribution >= 4 is 10.0 Å². The van der Waals surface area contributed by atoms with Crippen molar-refractivity contribution < 1.29 is 13.2 Å². The van der Waals surface area contributed by atoms with Gasteiger partial charge in [-0.05, 0) is 18.4 Å². The van der Waals surface area contributed by atoms with Crippen LogP contribution in [0.15, 0.2) is 30.3 Å². The maximum absolute atomic E-state index is 11.9. The quantitative estimate of drug-likeness (QED) is 0.781. The zero-order valence-corrected chi connectivity index (χ0v) is 14.0. The normalized spacial score (nSPS) is 18.2. The van der Waals surface area contributed by atoms with Gasteiger partial charge in [0.25, 0.3) is 0 Å². The van der Waals surface area contributed by atoms with E-state index in [1.807, 2.05) is 25.1 Å². The number of ether oxygens (including phenoxy) is 1. The van der Waals surface area contributed by atoms with Crippen molar-refractivity contribution in [3.8, 4) is 0 Å². The molecule has 2 rings (SSSR count).